The van der Waals surface area contributed by atoms with Crippen molar-refractivity contribution in [3.8, 4) is 0 Å². The summed E-state index contributed by atoms with van der Waals surface area (Å²) in [7, 11) is 3.84. The molecule has 17 heavy (non-hydrogen) atoms. The number of benzene rings is 1. The van der Waals surface area contributed by atoms with Crippen LogP contribution >= 0.6 is 0 Å². The van der Waals surface area contributed by atoms with Crippen LogP contribution in [0.1, 0.15) is 29.6 Å². The molecule has 0 aliphatic heterocycles. The first-order valence-electron chi connectivity index (χ1n) is 5.95. The second kappa shape index (κ2) is 4.65. The van der Waals surface area contributed by atoms with E-state index in [1.165, 1.54) is 6.42 Å². The molecule has 0 atom stereocenters. The number of carbonyl (C=O) groups excluding carboxylic acids is 1. The molecule has 1 aromatic rings. The normalized spacial score (nSPS) is 15.2. The third kappa shape index (κ3) is 2.52. The van der Waals surface area contributed by atoms with Gasteiger partial charge in [0.15, 0.2) is 0 Å². The minimum absolute atomic E-state index is 0.0225. The molecule has 4 heteroatoms. The molecule has 2 rings (SSSR count). The summed E-state index contributed by atoms with van der Waals surface area (Å²) in [6.45, 7) is 0. The van der Waals surface area contributed by atoms with E-state index in [-0.39, 0.29) is 5.91 Å². The number of anilines is 2. The highest BCUT2D eigenvalue weighted by Crippen LogP contribution is 2.23. The third-order valence-corrected chi connectivity index (χ3v) is 3.19. The van der Waals surface area contributed by atoms with Crippen LogP contribution in [0.4, 0.5) is 11.4 Å². The first kappa shape index (κ1) is 11.8. The Morgan fingerprint density at radius 3 is 2.65 bits per heavy atom. The largest absolute Gasteiger partial charge is 0.399 e. The number of nitrogens with zero attached hydrogens (tertiary/aromatic N) is 1. The van der Waals surface area contributed by atoms with Gasteiger partial charge in [0.05, 0.1) is 5.56 Å². The number of hydrogen-bond donors (Lipinski definition) is 2. The van der Waals surface area contributed by atoms with Gasteiger partial charge in [0.1, 0.15) is 0 Å². The lowest BCUT2D eigenvalue weighted by Crippen LogP contribution is -2.40. The van der Waals surface area contributed by atoms with Crippen LogP contribution in [0.2, 0.25) is 0 Å². The van der Waals surface area contributed by atoms with Crippen molar-refractivity contribution < 1.29 is 4.79 Å². The summed E-state index contributed by atoms with van der Waals surface area (Å²) in [5.41, 5.74) is 7.92. The fourth-order valence-corrected chi connectivity index (χ4v) is 1.94. The van der Waals surface area contributed by atoms with Crippen LogP contribution in [-0.4, -0.2) is 26.0 Å². The summed E-state index contributed by atoms with van der Waals surface area (Å²) >= 11 is 0. The van der Waals surface area contributed by atoms with Crippen molar-refractivity contribution in [2.24, 2.45) is 0 Å². The lowest BCUT2D eigenvalue weighted by Gasteiger charge is -2.27. The molecule has 0 radical (unpaired) electrons. The van der Waals surface area contributed by atoms with Crippen molar-refractivity contribution in [1.29, 1.82) is 0 Å². The van der Waals surface area contributed by atoms with Crippen LogP contribution in [0.25, 0.3) is 0 Å². The van der Waals surface area contributed by atoms with E-state index in [2.05, 4.69) is 5.32 Å². The fourth-order valence-electron chi connectivity index (χ4n) is 1.94. The van der Waals surface area contributed by atoms with E-state index >= 15 is 0 Å². The first-order valence-corrected chi connectivity index (χ1v) is 5.95. The Bertz CT molecular complexity index is 425. The van der Waals surface area contributed by atoms with Crippen molar-refractivity contribution >= 4 is 17.3 Å². The molecule has 0 unspecified atom stereocenters. The highest BCUT2D eigenvalue weighted by molar-refractivity contribution is 6.00. The van der Waals surface area contributed by atoms with E-state index in [1.54, 1.807) is 6.07 Å². The number of amides is 1. The maximum atomic E-state index is 12.1. The minimum Gasteiger partial charge on any atom is -0.399 e. The highest BCUT2D eigenvalue weighted by Gasteiger charge is 2.21. The molecule has 0 aromatic heterocycles. The van der Waals surface area contributed by atoms with Crippen molar-refractivity contribution in [2.45, 2.75) is 25.3 Å². The monoisotopic (exact) mass is 233 g/mol. The number of nitrogens with one attached hydrogen (secondary N) is 1. The Balaban J connectivity index is 2.22. The third-order valence-electron chi connectivity index (χ3n) is 3.19. The van der Waals surface area contributed by atoms with Crippen LogP contribution in [-0.2, 0) is 0 Å². The molecule has 1 saturated carbocycles. The average molecular weight is 233 g/mol. The first-order chi connectivity index (χ1) is 8.08. The van der Waals surface area contributed by atoms with Crippen molar-refractivity contribution in [3.05, 3.63) is 23.8 Å². The standard InChI is InChI=1S/C13H19N3O/c1-16(2)12-7-6-9(14)8-11(12)13(17)15-10-4-3-5-10/h6-8,10H,3-5,14H2,1-2H3,(H,15,17). The molecule has 3 N–H and O–H groups in total. The summed E-state index contributed by atoms with van der Waals surface area (Å²) in [6, 6.07) is 5.78. The molecule has 1 amide bonds. The lowest BCUT2D eigenvalue weighted by molar-refractivity contribution is 0.0917. The summed E-state index contributed by atoms with van der Waals surface area (Å²) in [5, 5.41) is 3.03. The van der Waals surface area contributed by atoms with Gasteiger partial charge in [-0.3, -0.25) is 4.79 Å². The molecular formula is C13H19N3O. The summed E-state index contributed by atoms with van der Waals surface area (Å²) in [6.07, 6.45) is 3.39. The number of carbonyl (C=O) groups is 1. The maximum absolute atomic E-state index is 12.1. The van der Waals surface area contributed by atoms with Crippen molar-refractivity contribution in [2.75, 3.05) is 24.7 Å². The molecular weight excluding hydrogens is 214 g/mol. The Labute approximate surface area is 102 Å². The molecule has 0 bridgehead atoms. The van der Waals surface area contributed by atoms with E-state index in [4.69, 9.17) is 5.73 Å². The summed E-state index contributed by atoms with van der Waals surface area (Å²) < 4.78 is 0. The number of nitrogens with two attached hydrogens (primary N) is 1. The molecule has 1 aliphatic carbocycles. The predicted octanol–water partition coefficient (Wildman–Crippen LogP) is 1.62. The van der Waals surface area contributed by atoms with Crippen molar-refractivity contribution in [1.82, 2.24) is 5.32 Å². The van der Waals surface area contributed by atoms with E-state index in [1.807, 2.05) is 31.1 Å². The second-order valence-corrected chi connectivity index (χ2v) is 4.77. The summed E-state index contributed by atoms with van der Waals surface area (Å²) in [4.78, 5) is 14.1. The molecule has 0 heterocycles. The van der Waals surface area contributed by atoms with E-state index in [0.717, 1.165) is 18.5 Å². The quantitative estimate of drug-likeness (QED) is 0.780. The van der Waals surface area contributed by atoms with Crippen molar-refractivity contribution in [3.63, 3.8) is 0 Å². The molecule has 4 nitrogen and oxygen atoms in total. The smallest absolute Gasteiger partial charge is 0.253 e. The van der Waals surface area contributed by atoms with Crippen LogP contribution < -0.4 is 16.0 Å². The molecule has 0 spiro atoms. The highest BCUT2D eigenvalue weighted by atomic mass is 16.1. The number of hydrogen-bond acceptors (Lipinski definition) is 3. The topological polar surface area (TPSA) is 58.4 Å². The molecule has 1 fully saturated rings. The molecule has 1 aliphatic rings. The maximum Gasteiger partial charge on any atom is 0.253 e. The van der Waals surface area contributed by atoms with Crippen LogP contribution in [0.15, 0.2) is 18.2 Å². The SMILES string of the molecule is CN(C)c1ccc(N)cc1C(=O)NC1CCC1. The van der Waals surface area contributed by atoms with Gasteiger partial charge < -0.3 is 16.0 Å². The molecule has 92 valence electrons. The zero-order chi connectivity index (χ0) is 12.4. The average Bonchev–Trinajstić information content (AvgIpc) is 2.22. The summed E-state index contributed by atoms with van der Waals surface area (Å²) in [5.74, 6) is -0.0225. The van der Waals surface area contributed by atoms with E-state index < -0.39 is 0 Å². The Morgan fingerprint density at radius 1 is 1.41 bits per heavy atom. The van der Waals surface area contributed by atoms with Gasteiger partial charge in [0, 0.05) is 31.5 Å². The Kier molecular flexibility index (Phi) is 3.22. The van der Waals surface area contributed by atoms with E-state index in [9.17, 15) is 4.79 Å². The zero-order valence-corrected chi connectivity index (χ0v) is 10.4. The number of nitrogen functional groups attached to an aromatic ring is 1. The zero-order valence-electron chi connectivity index (χ0n) is 10.4. The van der Waals surface area contributed by atoms with E-state index in [0.29, 0.717) is 17.3 Å². The Hall–Kier alpha value is -1.71. The van der Waals surface area contributed by atoms with Gasteiger partial charge in [-0.25, -0.2) is 0 Å². The molecule has 1 aromatic carbocycles. The predicted molar refractivity (Wildman–Crippen MR) is 70.3 cm³/mol. The molecule has 0 saturated heterocycles. The Morgan fingerprint density at radius 2 is 2.12 bits per heavy atom. The van der Waals surface area contributed by atoms with Gasteiger partial charge in [-0.05, 0) is 37.5 Å². The van der Waals surface area contributed by atoms with Gasteiger partial charge in [-0.15, -0.1) is 0 Å². The number of rotatable bonds is 3. The van der Waals surface area contributed by atoms with Gasteiger partial charge >= 0.3 is 0 Å². The van der Waals surface area contributed by atoms with Gasteiger partial charge in [-0.1, -0.05) is 0 Å². The lowest BCUT2D eigenvalue weighted by atomic mass is 9.93. The van der Waals surface area contributed by atoms with Gasteiger partial charge in [-0.2, -0.15) is 0 Å². The van der Waals surface area contributed by atoms with Gasteiger partial charge in [0.2, 0.25) is 0 Å². The second-order valence-electron chi connectivity index (χ2n) is 4.77. The fraction of sp³-hybridized carbons (Fsp3) is 0.462. The van der Waals surface area contributed by atoms with Crippen LogP contribution in [0.5, 0.6) is 0 Å². The minimum atomic E-state index is -0.0225. The van der Waals surface area contributed by atoms with Crippen LogP contribution in [0, 0.1) is 0 Å². The van der Waals surface area contributed by atoms with Crippen LogP contribution in [0.3, 0.4) is 0 Å². The van der Waals surface area contributed by atoms with Gasteiger partial charge in [0.25, 0.3) is 5.91 Å².